The summed E-state index contributed by atoms with van der Waals surface area (Å²) >= 11 is 0. The van der Waals surface area contributed by atoms with E-state index in [0.29, 0.717) is 17.5 Å². The fourth-order valence-electron chi connectivity index (χ4n) is 4.14. The maximum Gasteiger partial charge on any atom is 0.335 e. The number of rotatable bonds is 8. The van der Waals surface area contributed by atoms with E-state index in [2.05, 4.69) is 52.7 Å². The Balaban J connectivity index is 0.00000171. The van der Waals surface area contributed by atoms with Gasteiger partial charge in [0.1, 0.15) is 0 Å². The number of carboxylic acid groups (broad SMARTS) is 1. The summed E-state index contributed by atoms with van der Waals surface area (Å²) in [6.45, 7) is 4.28. The van der Waals surface area contributed by atoms with Gasteiger partial charge in [-0.25, -0.2) is 4.79 Å². The van der Waals surface area contributed by atoms with Crippen LogP contribution in [0.15, 0.2) is 60.7 Å². The van der Waals surface area contributed by atoms with Gasteiger partial charge in [-0.3, -0.25) is 4.90 Å². The van der Waals surface area contributed by atoms with Crippen molar-refractivity contribution in [3.63, 3.8) is 0 Å². The van der Waals surface area contributed by atoms with Crippen molar-refractivity contribution in [1.29, 1.82) is 0 Å². The molecule has 168 valence electrons. The van der Waals surface area contributed by atoms with Crippen molar-refractivity contribution in [1.82, 2.24) is 10.2 Å². The SMILES string of the molecule is Cl.Cl.O=C(O)c1ccc(CN2CCC(CNC3CC3/C=C/c3ccccc3)CC2)cc1. The standard InChI is InChI=1S/C25H30N2O2.2ClH/c28-25(29)22-9-7-21(8-10-22)18-27-14-12-20(13-15-27)17-26-24-16-23(24)11-6-19-4-2-1-3-5-19;;/h1-11,20,23-24,26H,12-18H2,(H,28,29);2*1H/b11-6+;;. The van der Waals surface area contributed by atoms with Crippen molar-refractivity contribution in [3.8, 4) is 0 Å². The topological polar surface area (TPSA) is 52.6 Å². The first-order chi connectivity index (χ1) is 14.2. The second kappa shape index (κ2) is 12.3. The molecule has 0 bridgehead atoms. The van der Waals surface area contributed by atoms with Crippen molar-refractivity contribution in [2.45, 2.75) is 31.8 Å². The van der Waals surface area contributed by atoms with Gasteiger partial charge in [-0.05, 0) is 74.0 Å². The van der Waals surface area contributed by atoms with Gasteiger partial charge in [-0.15, -0.1) is 24.8 Å². The van der Waals surface area contributed by atoms with Crippen LogP contribution < -0.4 is 5.32 Å². The first-order valence-electron chi connectivity index (χ1n) is 10.7. The Morgan fingerprint density at radius 1 is 1.03 bits per heavy atom. The van der Waals surface area contributed by atoms with Crippen LogP contribution in [0.5, 0.6) is 0 Å². The van der Waals surface area contributed by atoms with Gasteiger partial charge < -0.3 is 10.4 Å². The molecule has 2 atom stereocenters. The summed E-state index contributed by atoms with van der Waals surface area (Å²) in [7, 11) is 0. The molecule has 31 heavy (non-hydrogen) atoms. The number of halogens is 2. The van der Waals surface area contributed by atoms with Crippen LogP contribution in [0.4, 0.5) is 0 Å². The first kappa shape index (κ1) is 25.4. The van der Waals surface area contributed by atoms with E-state index < -0.39 is 5.97 Å². The monoisotopic (exact) mass is 462 g/mol. The number of likely N-dealkylation sites (tertiary alicyclic amines) is 1. The quantitative estimate of drug-likeness (QED) is 0.570. The summed E-state index contributed by atoms with van der Waals surface area (Å²) in [6, 6.07) is 18.4. The van der Waals surface area contributed by atoms with Gasteiger partial charge in [-0.1, -0.05) is 54.6 Å². The summed E-state index contributed by atoms with van der Waals surface area (Å²) < 4.78 is 0. The Kier molecular flexibility index (Phi) is 10.0. The lowest BCUT2D eigenvalue weighted by Crippen LogP contribution is -2.37. The fraction of sp³-hybridized carbons (Fsp3) is 0.400. The minimum absolute atomic E-state index is 0. The molecule has 2 aromatic carbocycles. The molecule has 6 heteroatoms. The maximum atomic E-state index is 11.0. The Labute approximate surface area is 197 Å². The van der Waals surface area contributed by atoms with Crippen LogP contribution in [0, 0.1) is 11.8 Å². The Morgan fingerprint density at radius 3 is 2.35 bits per heavy atom. The third-order valence-corrected chi connectivity index (χ3v) is 6.16. The van der Waals surface area contributed by atoms with E-state index in [9.17, 15) is 4.79 Å². The number of nitrogens with zero attached hydrogens (tertiary/aromatic N) is 1. The fourth-order valence-corrected chi connectivity index (χ4v) is 4.14. The molecule has 1 aliphatic heterocycles. The zero-order valence-electron chi connectivity index (χ0n) is 17.7. The molecule has 1 saturated carbocycles. The van der Waals surface area contributed by atoms with E-state index in [0.717, 1.165) is 32.1 Å². The molecule has 2 fully saturated rings. The number of benzene rings is 2. The maximum absolute atomic E-state index is 11.0. The largest absolute Gasteiger partial charge is 0.478 e. The lowest BCUT2D eigenvalue weighted by Gasteiger charge is -2.32. The smallest absolute Gasteiger partial charge is 0.335 e. The molecule has 0 amide bonds. The third-order valence-electron chi connectivity index (χ3n) is 6.16. The highest BCUT2D eigenvalue weighted by Gasteiger charge is 2.34. The molecule has 0 radical (unpaired) electrons. The number of hydrogen-bond acceptors (Lipinski definition) is 3. The lowest BCUT2D eigenvalue weighted by atomic mass is 9.96. The average Bonchev–Trinajstić information content (AvgIpc) is 3.51. The van der Waals surface area contributed by atoms with Gasteiger partial charge in [0, 0.05) is 12.6 Å². The zero-order valence-corrected chi connectivity index (χ0v) is 19.3. The van der Waals surface area contributed by atoms with E-state index >= 15 is 0 Å². The number of piperidine rings is 1. The van der Waals surface area contributed by atoms with Crippen LogP contribution >= 0.6 is 24.8 Å². The lowest BCUT2D eigenvalue weighted by molar-refractivity contribution is 0.0697. The normalized spacial score (nSPS) is 21.3. The van der Waals surface area contributed by atoms with Gasteiger partial charge >= 0.3 is 5.97 Å². The van der Waals surface area contributed by atoms with Crippen molar-refractivity contribution in [2.24, 2.45) is 11.8 Å². The summed E-state index contributed by atoms with van der Waals surface area (Å²) in [5.41, 5.74) is 2.83. The molecule has 1 saturated heterocycles. The predicted molar refractivity (Wildman–Crippen MR) is 131 cm³/mol. The number of aromatic carboxylic acids is 1. The molecule has 2 N–H and O–H groups in total. The second-order valence-electron chi connectivity index (χ2n) is 8.41. The minimum Gasteiger partial charge on any atom is -0.478 e. The Morgan fingerprint density at radius 2 is 1.71 bits per heavy atom. The highest BCUT2D eigenvalue weighted by atomic mass is 35.5. The van der Waals surface area contributed by atoms with E-state index in [4.69, 9.17) is 5.11 Å². The van der Waals surface area contributed by atoms with Gasteiger partial charge in [0.25, 0.3) is 0 Å². The molecule has 2 aromatic rings. The molecule has 1 aliphatic carbocycles. The van der Waals surface area contributed by atoms with E-state index in [1.165, 1.54) is 30.4 Å². The first-order valence-corrected chi connectivity index (χ1v) is 10.7. The number of nitrogens with one attached hydrogen (secondary N) is 1. The zero-order chi connectivity index (χ0) is 20.1. The number of carboxylic acids is 1. The van der Waals surface area contributed by atoms with Crippen molar-refractivity contribution < 1.29 is 9.90 Å². The predicted octanol–water partition coefficient (Wildman–Crippen LogP) is 5.13. The summed E-state index contributed by atoms with van der Waals surface area (Å²) in [6.07, 6.45) is 8.32. The highest BCUT2D eigenvalue weighted by molar-refractivity contribution is 5.87. The van der Waals surface area contributed by atoms with Crippen LogP contribution in [0.1, 0.15) is 40.7 Å². The molecule has 2 unspecified atom stereocenters. The van der Waals surface area contributed by atoms with Crippen molar-refractivity contribution in [3.05, 3.63) is 77.4 Å². The molecular formula is C25H32Cl2N2O2. The van der Waals surface area contributed by atoms with Crippen molar-refractivity contribution >= 4 is 36.9 Å². The molecular weight excluding hydrogens is 431 g/mol. The van der Waals surface area contributed by atoms with Crippen LogP contribution in [0.25, 0.3) is 6.08 Å². The average molecular weight is 463 g/mol. The number of hydrogen-bond donors (Lipinski definition) is 2. The summed E-state index contributed by atoms with van der Waals surface area (Å²) in [5, 5.41) is 12.8. The van der Waals surface area contributed by atoms with Gasteiger partial charge in [0.2, 0.25) is 0 Å². The molecule has 4 rings (SSSR count). The third kappa shape index (κ3) is 7.65. The molecule has 0 aromatic heterocycles. The van der Waals surface area contributed by atoms with Gasteiger partial charge in [0.15, 0.2) is 0 Å². The van der Waals surface area contributed by atoms with E-state index in [-0.39, 0.29) is 24.8 Å². The number of carbonyl (C=O) groups is 1. The highest BCUT2D eigenvalue weighted by Crippen LogP contribution is 2.33. The molecule has 1 heterocycles. The minimum atomic E-state index is -0.863. The summed E-state index contributed by atoms with van der Waals surface area (Å²) in [5.74, 6) is 0.586. The Hall–Kier alpha value is -1.85. The van der Waals surface area contributed by atoms with Crippen molar-refractivity contribution in [2.75, 3.05) is 19.6 Å². The summed E-state index contributed by atoms with van der Waals surface area (Å²) in [4.78, 5) is 13.4. The molecule has 4 nitrogen and oxygen atoms in total. The Bertz CT molecular complexity index is 834. The van der Waals surface area contributed by atoms with Crippen LogP contribution in [-0.4, -0.2) is 41.7 Å². The van der Waals surface area contributed by atoms with E-state index in [1.54, 1.807) is 12.1 Å². The molecule has 2 aliphatic rings. The van der Waals surface area contributed by atoms with Crippen LogP contribution in [-0.2, 0) is 6.54 Å². The second-order valence-corrected chi connectivity index (χ2v) is 8.41. The van der Waals surface area contributed by atoms with E-state index in [1.807, 2.05) is 12.1 Å². The van der Waals surface area contributed by atoms with Crippen LogP contribution in [0.2, 0.25) is 0 Å². The van der Waals surface area contributed by atoms with Gasteiger partial charge in [0.05, 0.1) is 5.56 Å². The van der Waals surface area contributed by atoms with Gasteiger partial charge in [-0.2, -0.15) is 0 Å². The molecule has 0 spiro atoms. The van der Waals surface area contributed by atoms with Crippen LogP contribution in [0.3, 0.4) is 0 Å².